The lowest BCUT2D eigenvalue weighted by Gasteiger charge is -2.23. The third kappa shape index (κ3) is 2.67. The fourth-order valence-corrected chi connectivity index (χ4v) is 2.75. The zero-order chi connectivity index (χ0) is 10.7. The molecular formula is C7H13BrO4S. The molecule has 6 heteroatoms. The summed E-state index contributed by atoms with van der Waals surface area (Å²) >= 11 is 3.10. The topological polar surface area (TPSA) is 60.4 Å². The number of sulfone groups is 1. The average Bonchev–Trinajstić information content (AvgIpc) is 2.01. The summed E-state index contributed by atoms with van der Waals surface area (Å²) in [5, 5.41) is 0.436. The third-order valence-corrected chi connectivity index (χ3v) is 4.41. The maximum absolute atomic E-state index is 11.3. The number of carbonyl (C=O) groups is 1. The van der Waals surface area contributed by atoms with Crippen molar-refractivity contribution >= 4 is 31.7 Å². The Morgan fingerprint density at radius 1 is 1.54 bits per heavy atom. The van der Waals surface area contributed by atoms with Gasteiger partial charge in [-0.15, -0.1) is 0 Å². The van der Waals surface area contributed by atoms with Crippen LogP contribution < -0.4 is 0 Å². The largest absolute Gasteiger partial charge is 0.468 e. The number of ether oxygens (including phenoxy) is 1. The van der Waals surface area contributed by atoms with E-state index in [1.54, 1.807) is 0 Å². The number of carbonyl (C=O) groups excluding carboxylic acids is 1. The second-order valence-electron chi connectivity index (χ2n) is 2.93. The maximum Gasteiger partial charge on any atom is 0.326 e. The first-order valence-corrected chi connectivity index (χ1v) is 6.65. The normalized spacial score (nSPS) is 16.3. The lowest BCUT2D eigenvalue weighted by atomic mass is 10.1. The highest BCUT2D eigenvalue weighted by atomic mass is 79.9. The van der Waals surface area contributed by atoms with Gasteiger partial charge in [0.25, 0.3) is 0 Å². The van der Waals surface area contributed by atoms with Crippen molar-refractivity contribution in [3.05, 3.63) is 0 Å². The van der Waals surface area contributed by atoms with E-state index in [1.807, 2.05) is 0 Å². The molecule has 0 heterocycles. The van der Waals surface area contributed by atoms with Gasteiger partial charge in [-0.05, 0) is 13.3 Å². The van der Waals surface area contributed by atoms with Gasteiger partial charge in [0.2, 0.25) is 0 Å². The molecule has 0 aromatic heterocycles. The fraction of sp³-hybridized carbons (Fsp3) is 0.857. The van der Waals surface area contributed by atoms with Crippen molar-refractivity contribution in [2.75, 3.05) is 18.7 Å². The fourth-order valence-electron chi connectivity index (χ4n) is 0.835. The molecule has 0 bridgehead atoms. The minimum atomic E-state index is -3.44. The van der Waals surface area contributed by atoms with Crippen molar-refractivity contribution in [3.8, 4) is 0 Å². The minimum absolute atomic E-state index is 0.207. The lowest BCUT2D eigenvalue weighted by molar-refractivity contribution is -0.143. The number of halogens is 1. The van der Waals surface area contributed by atoms with E-state index in [9.17, 15) is 13.2 Å². The van der Waals surface area contributed by atoms with Gasteiger partial charge in [0.15, 0.2) is 14.6 Å². The summed E-state index contributed by atoms with van der Waals surface area (Å²) in [6, 6.07) is 0. The molecule has 0 aliphatic heterocycles. The van der Waals surface area contributed by atoms with Gasteiger partial charge in [0.1, 0.15) is 0 Å². The van der Waals surface area contributed by atoms with Crippen LogP contribution >= 0.6 is 15.9 Å². The first kappa shape index (κ1) is 12.9. The summed E-state index contributed by atoms with van der Waals surface area (Å²) in [7, 11) is -2.26. The van der Waals surface area contributed by atoms with Gasteiger partial charge >= 0.3 is 5.97 Å². The summed E-state index contributed by atoms with van der Waals surface area (Å²) in [5.74, 6) is -0.713. The lowest BCUT2D eigenvalue weighted by Crippen LogP contribution is -2.44. The highest BCUT2D eigenvalue weighted by Crippen LogP contribution is 2.23. The molecule has 0 aliphatic rings. The van der Waals surface area contributed by atoms with Crippen LogP contribution in [0.3, 0.4) is 0 Å². The average molecular weight is 273 g/mol. The molecule has 13 heavy (non-hydrogen) atoms. The monoisotopic (exact) mass is 272 g/mol. The van der Waals surface area contributed by atoms with Gasteiger partial charge in [-0.2, -0.15) is 0 Å². The molecule has 0 amide bonds. The quantitative estimate of drug-likeness (QED) is 0.560. The van der Waals surface area contributed by atoms with E-state index in [2.05, 4.69) is 20.7 Å². The maximum atomic E-state index is 11.3. The molecule has 0 fully saturated rings. The molecule has 0 radical (unpaired) electrons. The predicted octanol–water partition coefficient (Wildman–Crippen LogP) is 0.748. The van der Waals surface area contributed by atoms with Gasteiger partial charge in [-0.1, -0.05) is 15.9 Å². The predicted molar refractivity (Wildman–Crippen MR) is 53.7 cm³/mol. The first-order chi connectivity index (χ1) is 5.79. The van der Waals surface area contributed by atoms with E-state index >= 15 is 0 Å². The molecule has 1 atom stereocenters. The van der Waals surface area contributed by atoms with Crippen molar-refractivity contribution in [1.29, 1.82) is 0 Å². The molecule has 0 saturated heterocycles. The van der Waals surface area contributed by atoms with Crippen LogP contribution in [0.5, 0.6) is 0 Å². The van der Waals surface area contributed by atoms with Gasteiger partial charge < -0.3 is 4.74 Å². The molecule has 0 aliphatic carbocycles. The zero-order valence-electron chi connectivity index (χ0n) is 7.83. The smallest absolute Gasteiger partial charge is 0.326 e. The van der Waals surface area contributed by atoms with E-state index in [0.717, 1.165) is 6.26 Å². The van der Waals surface area contributed by atoms with Gasteiger partial charge in [0.05, 0.1) is 7.11 Å². The molecule has 0 aromatic carbocycles. The number of rotatable bonds is 4. The van der Waals surface area contributed by atoms with E-state index in [-0.39, 0.29) is 6.42 Å². The molecule has 4 nitrogen and oxygen atoms in total. The number of alkyl halides is 1. The highest BCUT2D eigenvalue weighted by molar-refractivity contribution is 9.09. The summed E-state index contributed by atoms with van der Waals surface area (Å²) in [6.45, 7) is 1.37. The summed E-state index contributed by atoms with van der Waals surface area (Å²) < 4.78 is 25.7. The Hall–Kier alpha value is -0.100. The molecule has 0 rings (SSSR count). The highest BCUT2D eigenvalue weighted by Gasteiger charge is 2.43. The zero-order valence-corrected chi connectivity index (χ0v) is 10.2. The summed E-state index contributed by atoms with van der Waals surface area (Å²) in [5.41, 5.74) is 0. The van der Waals surface area contributed by atoms with Gasteiger partial charge in [0, 0.05) is 11.6 Å². The summed E-state index contributed by atoms with van der Waals surface area (Å²) in [6.07, 6.45) is 1.24. The van der Waals surface area contributed by atoms with Crippen LogP contribution in [0.2, 0.25) is 0 Å². The van der Waals surface area contributed by atoms with Crippen LogP contribution in [0.25, 0.3) is 0 Å². The Kier molecular flexibility index (Phi) is 4.38. The Morgan fingerprint density at radius 3 is 2.23 bits per heavy atom. The van der Waals surface area contributed by atoms with Crippen molar-refractivity contribution < 1.29 is 17.9 Å². The second kappa shape index (κ2) is 4.41. The number of hydrogen-bond donors (Lipinski definition) is 0. The molecule has 78 valence electrons. The molecule has 0 spiro atoms. The second-order valence-corrected chi connectivity index (χ2v) is 6.17. The molecular weight excluding hydrogens is 260 g/mol. The number of methoxy groups -OCH3 is 1. The van der Waals surface area contributed by atoms with E-state index in [0.29, 0.717) is 5.33 Å². The Balaban J connectivity index is 5.08. The molecule has 0 N–H and O–H groups in total. The van der Waals surface area contributed by atoms with Gasteiger partial charge in [-0.25, -0.2) is 8.42 Å². The van der Waals surface area contributed by atoms with E-state index in [1.165, 1.54) is 14.0 Å². The van der Waals surface area contributed by atoms with Crippen molar-refractivity contribution in [1.82, 2.24) is 0 Å². The number of esters is 1. The minimum Gasteiger partial charge on any atom is -0.468 e. The van der Waals surface area contributed by atoms with Crippen molar-refractivity contribution in [2.45, 2.75) is 18.1 Å². The van der Waals surface area contributed by atoms with E-state index in [4.69, 9.17) is 0 Å². The van der Waals surface area contributed by atoms with Crippen molar-refractivity contribution in [2.24, 2.45) is 0 Å². The van der Waals surface area contributed by atoms with Crippen LogP contribution in [0.4, 0.5) is 0 Å². The first-order valence-electron chi connectivity index (χ1n) is 3.63. The van der Waals surface area contributed by atoms with Crippen LogP contribution in [0.15, 0.2) is 0 Å². The van der Waals surface area contributed by atoms with Crippen LogP contribution in [0, 0.1) is 0 Å². The van der Waals surface area contributed by atoms with Crippen LogP contribution in [0.1, 0.15) is 13.3 Å². The van der Waals surface area contributed by atoms with Crippen molar-refractivity contribution in [3.63, 3.8) is 0 Å². The SMILES string of the molecule is COC(=O)C(C)(CCBr)S(C)(=O)=O. The Morgan fingerprint density at radius 2 is 2.00 bits per heavy atom. The van der Waals surface area contributed by atoms with Gasteiger partial charge in [-0.3, -0.25) is 4.79 Å². The standard InChI is InChI=1S/C7H13BrO4S/c1-7(4-5-8,6(9)12-2)13(3,10)11/h4-5H2,1-3H3. The van der Waals surface area contributed by atoms with Crippen LogP contribution in [-0.4, -0.2) is 37.8 Å². The summed E-state index contributed by atoms with van der Waals surface area (Å²) in [4.78, 5) is 11.2. The molecule has 1 unspecified atom stereocenters. The molecule has 0 aromatic rings. The van der Waals surface area contributed by atoms with E-state index < -0.39 is 20.6 Å². The van der Waals surface area contributed by atoms with Crippen LogP contribution in [-0.2, 0) is 19.4 Å². The third-order valence-electron chi connectivity index (χ3n) is 2.01. The Labute approximate surface area is 86.7 Å². The number of hydrogen-bond acceptors (Lipinski definition) is 4. The molecule has 0 saturated carbocycles. The Bertz CT molecular complexity index is 285.